The normalized spacial score (nSPS) is 10.7. The molecule has 3 aromatic rings. The molecule has 0 bridgehead atoms. The predicted molar refractivity (Wildman–Crippen MR) is 113 cm³/mol. The van der Waals surface area contributed by atoms with E-state index >= 15 is 0 Å². The van der Waals surface area contributed by atoms with Crippen LogP contribution >= 0.6 is 22.9 Å². The van der Waals surface area contributed by atoms with Crippen molar-refractivity contribution in [3.8, 4) is 17.2 Å². The van der Waals surface area contributed by atoms with Gasteiger partial charge in [0.15, 0.2) is 11.5 Å². The average Bonchev–Trinajstić information content (AvgIpc) is 3.17. The number of carbonyl (C=O) groups is 1. The van der Waals surface area contributed by atoms with Crippen LogP contribution in [0.5, 0.6) is 17.2 Å². The van der Waals surface area contributed by atoms with Crippen LogP contribution in [0.25, 0.3) is 10.2 Å². The molecule has 0 saturated heterocycles. The highest BCUT2D eigenvalue weighted by atomic mass is 35.5. The van der Waals surface area contributed by atoms with E-state index in [1.807, 2.05) is 20.8 Å². The first-order valence-corrected chi connectivity index (χ1v) is 10.2. The standard InChI is InChI=1S/C20H21ClN2O4S/c1-4-25-15-9-12(10-16(26-5-2)18(15)27-6-3)20(24)23-14-8-7-13(21)17-19(14)28-11-22-17/h7-11H,4-6H2,1-3H3,(H,23,24). The van der Waals surface area contributed by atoms with E-state index in [1.54, 1.807) is 29.8 Å². The maximum absolute atomic E-state index is 12.9. The number of carbonyl (C=O) groups excluding carboxylic acids is 1. The minimum Gasteiger partial charge on any atom is -0.490 e. The van der Waals surface area contributed by atoms with Crippen molar-refractivity contribution in [1.82, 2.24) is 4.98 Å². The summed E-state index contributed by atoms with van der Waals surface area (Å²) >= 11 is 7.58. The van der Waals surface area contributed by atoms with Gasteiger partial charge in [-0.3, -0.25) is 4.79 Å². The summed E-state index contributed by atoms with van der Waals surface area (Å²) in [5.74, 6) is 1.15. The van der Waals surface area contributed by atoms with Gasteiger partial charge in [0.1, 0.15) is 5.52 Å². The highest BCUT2D eigenvalue weighted by Gasteiger charge is 2.19. The van der Waals surface area contributed by atoms with Gasteiger partial charge in [0.25, 0.3) is 5.91 Å². The number of ether oxygens (including phenoxy) is 3. The van der Waals surface area contributed by atoms with Crippen molar-refractivity contribution in [2.45, 2.75) is 20.8 Å². The van der Waals surface area contributed by atoms with Gasteiger partial charge in [-0.25, -0.2) is 4.98 Å². The maximum Gasteiger partial charge on any atom is 0.255 e. The largest absolute Gasteiger partial charge is 0.490 e. The number of hydrogen-bond donors (Lipinski definition) is 1. The van der Waals surface area contributed by atoms with Gasteiger partial charge in [-0.2, -0.15) is 0 Å². The zero-order valence-electron chi connectivity index (χ0n) is 15.9. The molecule has 0 aliphatic heterocycles. The minimum atomic E-state index is -0.290. The minimum absolute atomic E-state index is 0.290. The van der Waals surface area contributed by atoms with E-state index in [0.29, 0.717) is 58.9 Å². The number of aromatic nitrogens is 1. The van der Waals surface area contributed by atoms with Gasteiger partial charge < -0.3 is 19.5 Å². The maximum atomic E-state index is 12.9. The molecule has 0 fully saturated rings. The van der Waals surface area contributed by atoms with Gasteiger partial charge in [-0.15, -0.1) is 11.3 Å². The molecular formula is C20H21ClN2O4S. The Kier molecular flexibility index (Phi) is 6.59. The highest BCUT2D eigenvalue weighted by molar-refractivity contribution is 7.17. The zero-order chi connectivity index (χ0) is 20.1. The Balaban J connectivity index is 1.98. The van der Waals surface area contributed by atoms with Crippen molar-refractivity contribution >= 4 is 44.7 Å². The summed E-state index contributed by atoms with van der Waals surface area (Å²) in [6, 6.07) is 6.80. The second-order valence-electron chi connectivity index (χ2n) is 5.68. The number of benzene rings is 2. The fourth-order valence-corrected chi connectivity index (χ4v) is 3.78. The third kappa shape index (κ3) is 4.15. The van der Waals surface area contributed by atoms with E-state index in [9.17, 15) is 4.79 Å². The number of nitrogens with one attached hydrogen (secondary N) is 1. The van der Waals surface area contributed by atoms with Gasteiger partial charge in [0, 0.05) is 5.56 Å². The van der Waals surface area contributed by atoms with Gasteiger partial charge in [0.05, 0.1) is 40.7 Å². The number of thiazole rings is 1. The fourth-order valence-electron chi connectivity index (χ4n) is 2.73. The smallest absolute Gasteiger partial charge is 0.255 e. The number of halogens is 1. The molecule has 3 rings (SSSR count). The molecular weight excluding hydrogens is 400 g/mol. The molecule has 148 valence electrons. The first kappa shape index (κ1) is 20.2. The number of amides is 1. The molecule has 1 heterocycles. The molecule has 0 spiro atoms. The van der Waals surface area contributed by atoms with Crippen LogP contribution in [0.4, 0.5) is 5.69 Å². The van der Waals surface area contributed by atoms with Gasteiger partial charge >= 0.3 is 0 Å². The predicted octanol–water partition coefficient (Wildman–Crippen LogP) is 5.40. The molecule has 6 nitrogen and oxygen atoms in total. The molecule has 1 N–H and O–H groups in total. The molecule has 0 saturated carbocycles. The monoisotopic (exact) mass is 420 g/mol. The molecule has 2 aromatic carbocycles. The molecule has 28 heavy (non-hydrogen) atoms. The lowest BCUT2D eigenvalue weighted by Gasteiger charge is -2.17. The Bertz CT molecular complexity index is 962. The van der Waals surface area contributed by atoms with Gasteiger partial charge in [-0.05, 0) is 45.0 Å². The average molecular weight is 421 g/mol. The number of rotatable bonds is 8. The molecule has 0 radical (unpaired) electrons. The molecule has 0 unspecified atom stereocenters. The second-order valence-corrected chi connectivity index (χ2v) is 6.94. The Hall–Kier alpha value is -2.51. The molecule has 1 aromatic heterocycles. The molecule has 0 aliphatic carbocycles. The van der Waals surface area contributed by atoms with Crippen LogP contribution in [-0.4, -0.2) is 30.7 Å². The number of hydrogen-bond acceptors (Lipinski definition) is 6. The molecule has 0 aliphatic rings. The van der Waals surface area contributed by atoms with Crippen LogP contribution < -0.4 is 19.5 Å². The highest BCUT2D eigenvalue weighted by Crippen LogP contribution is 2.39. The van der Waals surface area contributed by atoms with Crippen molar-refractivity contribution < 1.29 is 19.0 Å². The van der Waals surface area contributed by atoms with Crippen LogP contribution in [0.1, 0.15) is 31.1 Å². The van der Waals surface area contributed by atoms with Crippen molar-refractivity contribution in [1.29, 1.82) is 0 Å². The van der Waals surface area contributed by atoms with Crippen molar-refractivity contribution in [3.05, 3.63) is 40.4 Å². The van der Waals surface area contributed by atoms with E-state index in [2.05, 4.69) is 10.3 Å². The van der Waals surface area contributed by atoms with Crippen LogP contribution in [0.15, 0.2) is 29.8 Å². The Morgan fingerprint density at radius 1 is 1.07 bits per heavy atom. The van der Waals surface area contributed by atoms with Crippen LogP contribution in [0.3, 0.4) is 0 Å². The Morgan fingerprint density at radius 3 is 2.32 bits per heavy atom. The van der Waals surface area contributed by atoms with Crippen LogP contribution in [-0.2, 0) is 0 Å². The van der Waals surface area contributed by atoms with Crippen LogP contribution in [0.2, 0.25) is 5.02 Å². The van der Waals surface area contributed by atoms with E-state index < -0.39 is 0 Å². The summed E-state index contributed by atoms with van der Waals surface area (Å²) < 4.78 is 17.9. The summed E-state index contributed by atoms with van der Waals surface area (Å²) in [4.78, 5) is 17.2. The summed E-state index contributed by atoms with van der Waals surface area (Å²) in [5.41, 5.74) is 3.42. The number of anilines is 1. The van der Waals surface area contributed by atoms with E-state index in [4.69, 9.17) is 25.8 Å². The molecule has 0 atom stereocenters. The summed E-state index contributed by atoms with van der Waals surface area (Å²) in [5, 5.41) is 3.47. The second kappa shape index (κ2) is 9.12. The van der Waals surface area contributed by atoms with E-state index in [-0.39, 0.29) is 5.91 Å². The van der Waals surface area contributed by atoms with Crippen LogP contribution in [0, 0.1) is 0 Å². The number of fused-ring (bicyclic) bond motifs is 1. The quantitative estimate of drug-likeness (QED) is 0.528. The van der Waals surface area contributed by atoms with E-state index in [0.717, 1.165) is 4.70 Å². The summed E-state index contributed by atoms with van der Waals surface area (Å²) in [7, 11) is 0. The van der Waals surface area contributed by atoms with E-state index in [1.165, 1.54) is 11.3 Å². The van der Waals surface area contributed by atoms with Crippen molar-refractivity contribution in [3.63, 3.8) is 0 Å². The molecule has 1 amide bonds. The third-order valence-electron chi connectivity index (χ3n) is 3.85. The van der Waals surface area contributed by atoms with Crippen molar-refractivity contribution in [2.24, 2.45) is 0 Å². The first-order valence-electron chi connectivity index (χ1n) is 8.98. The number of nitrogens with zero attached hydrogens (tertiary/aromatic N) is 1. The summed E-state index contributed by atoms with van der Waals surface area (Å²) in [6.45, 7) is 6.96. The zero-order valence-corrected chi connectivity index (χ0v) is 17.4. The van der Waals surface area contributed by atoms with Gasteiger partial charge in [0.2, 0.25) is 5.75 Å². The lowest BCUT2D eigenvalue weighted by molar-refractivity contribution is 0.102. The third-order valence-corrected chi connectivity index (χ3v) is 5.02. The topological polar surface area (TPSA) is 69.7 Å². The SMILES string of the molecule is CCOc1cc(C(=O)Nc2ccc(Cl)c3ncsc23)cc(OCC)c1OCC. The van der Waals surface area contributed by atoms with Crippen molar-refractivity contribution in [2.75, 3.05) is 25.1 Å². The first-order chi connectivity index (χ1) is 13.6. The fraction of sp³-hybridized carbons (Fsp3) is 0.300. The lowest BCUT2D eigenvalue weighted by atomic mass is 10.1. The lowest BCUT2D eigenvalue weighted by Crippen LogP contribution is -2.13. The Labute approximate surface area is 172 Å². The molecule has 8 heteroatoms. The Morgan fingerprint density at radius 2 is 1.71 bits per heavy atom. The van der Waals surface area contributed by atoms with Gasteiger partial charge in [-0.1, -0.05) is 11.6 Å². The summed E-state index contributed by atoms with van der Waals surface area (Å²) in [6.07, 6.45) is 0.